The second-order valence-corrected chi connectivity index (χ2v) is 5.66. The number of halogens is 2. The van der Waals surface area contributed by atoms with Gasteiger partial charge in [-0.1, -0.05) is 27.5 Å². The Kier molecular flexibility index (Phi) is 5.51. The minimum Gasteiger partial charge on any atom is -0.449 e. The van der Waals surface area contributed by atoms with E-state index in [9.17, 15) is 9.59 Å². The Morgan fingerprint density at radius 1 is 1.27 bits per heavy atom. The zero-order valence-electron chi connectivity index (χ0n) is 11.5. The molecule has 2 rings (SSSR count). The van der Waals surface area contributed by atoms with Crippen LogP contribution in [0, 0.1) is 0 Å². The maximum absolute atomic E-state index is 12.0. The molecule has 2 aromatic rings. The van der Waals surface area contributed by atoms with Gasteiger partial charge in [0.05, 0.1) is 5.56 Å². The number of aromatic nitrogens is 1. The van der Waals surface area contributed by atoms with Gasteiger partial charge in [0.25, 0.3) is 5.91 Å². The number of hydrogen-bond acceptors (Lipinski definition) is 4. The molecule has 22 heavy (non-hydrogen) atoms. The lowest BCUT2D eigenvalue weighted by Crippen LogP contribution is -2.30. The van der Waals surface area contributed by atoms with E-state index in [4.69, 9.17) is 16.3 Å². The van der Waals surface area contributed by atoms with Crippen LogP contribution in [0.1, 0.15) is 17.3 Å². The molecule has 0 radical (unpaired) electrons. The van der Waals surface area contributed by atoms with Crippen molar-refractivity contribution in [3.63, 3.8) is 0 Å². The number of ether oxygens (including phenoxy) is 1. The SMILES string of the molecule is C[C@@H](OC(=O)c1cccnc1Cl)C(=O)Nc1ccc(Br)cc1. The lowest BCUT2D eigenvalue weighted by atomic mass is 10.2. The van der Waals surface area contributed by atoms with Crippen molar-refractivity contribution in [2.75, 3.05) is 5.32 Å². The van der Waals surface area contributed by atoms with Crippen molar-refractivity contribution in [3.8, 4) is 0 Å². The Labute approximate surface area is 140 Å². The number of rotatable bonds is 4. The average Bonchev–Trinajstić information content (AvgIpc) is 2.49. The van der Waals surface area contributed by atoms with Gasteiger partial charge < -0.3 is 10.1 Å². The van der Waals surface area contributed by atoms with Crippen LogP contribution in [-0.4, -0.2) is 23.0 Å². The number of pyridine rings is 1. The molecule has 1 heterocycles. The number of hydrogen-bond donors (Lipinski definition) is 1. The molecule has 0 saturated heterocycles. The molecule has 5 nitrogen and oxygen atoms in total. The molecule has 0 aliphatic rings. The van der Waals surface area contributed by atoms with Crippen molar-refractivity contribution < 1.29 is 14.3 Å². The standard InChI is InChI=1S/C15H12BrClN2O3/c1-9(14(20)19-11-6-4-10(16)5-7-11)22-15(21)12-3-2-8-18-13(12)17/h2-9H,1H3,(H,19,20)/t9-/m1/s1. The Hall–Kier alpha value is -1.92. The zero-order valence-corrected chi connectivity index (χ0v) is 13.9. The predicted molar refractivity (Wildman–Crippen MR) is 86.9 cm³/mol. The molecular formula is C15H12BrClN2O3. The van der Waals surface area contributed by atoms with Gasteiger partial charge in [0.15, 0.2) is 6.10 Å². The monoisotopic (exact) mass is 382 g/mol. The van der Waals surface area contributed by atoms with Crippen LogP contribution in [0.3, 0.4) is 0 Å². The number of benzene rings is 1. The smallest absolute Gasteiger partial charge is 0.342 e. The van der Waals surface area contributed by atoms with Crippen molar-refractivity contribution >= 4 is 45.1 Å². The fraction of sp³-hybridized carbons (Fsp3) is 0.133. The summed E-state index contributed by atoms with van der Waals surface area (Å²) in [6.45, 7) is 1.48. The lowest BCUT2D eigenvalue weighted by Gasteiger charge is -2.13. The van der Waals surface area contributed by atoms with Gasteiger partial charge in [-0.05, 0) is 43.3 Å². The van der Waals surface area contributed by atoms with Crippen molar-refractivity contribution in [1.82, 2.24) is 4.98 Å². The maximum atomic E-state index is 12.0. The van der Waals surface area contributed by atoms with Gasteiger partial charge in [-0.15, -0.1) is 0 Å². The molecule has 1 N–H and O–H groups in total. The second-order valence-electron chi connectivity index (χ2n) is 4.39. The number of nitrogens with one attached hydrogen (secondary N) is 1. The number of nitrogens with zero attached hydrogens (tertiary/aromatic N) is 1. The highest BCUT2D eigenvalue weighted by Crippen LogP contribution is 2.16. The van der Waals surface area contributed by atoms with Crippen molar-refractivity contribution in [2.24, 2.45) is 0 Å². The van der Waals surface area contributed by atoms with E-state index in [1.807, 2.05) is 0 Å². The lowest BCUT2D eigenvalue weighted by molar-refractivity contribution is -0.123. The summed E-state index contributed by atoms with van der Waals surface area (Å²) in [5.41, 5.74) is 0.725. The second kappa shape index (κ2) is 7.38. The van der Waals surface area contributed by atoms with Crippen molar-refractivity contribution in [2.45, 2.75) is 13.0 Å². The summed E-state index contributed by atoms with van der Waals surface area (Å²) < 4.78 is 5.99. The van der Waals surface area contributed by atoms with Crippen LogP contribution in [0.15, 0.2) is 47.1 Å². The molecule has 0 bridgehead atoms. The van der Waals surface area contributed by atoms with Gasteiger partial charge in [0.2, 0.25) is 0 Å². The molecule has 0 unspecified atom stereocenters. The predicted octanol–water partition coefficient (Wildman–Crippen LogP) is 3.68. The highest BCUT2D eigenvalue weighted by atomic mass is 79.9. The van der Waals surface area contributed by atoms with E-state index in [-0.39, 0.29) is 10.7 Å². The fourth-order valence-corrected chi connectivity index (χ4v) is 2.05. The number of carbonyl (C=O) groups is 2. The molecule has 0 fully saturated rings. The fourth-order valence-electron chi connectivity index (χ4n) is 1.59. The Morgan fingerprint density at radius 2 is 1.95 bits per heavy atom. The molecule has 0 aliphatic heterocycles. The highest BCUT2D eigenvalue weighted by molar-refractivity contribution is 9.10. The third-order valence-electron chi connectivity index (χ3n) is 2.74. The van der Waals surface area contributed by atoms with E-state index < -0.39 is 18.0 Å². The summed E-state index contributed by atoms with van der Waals surface area (Å²) in [4.78, 5) is 27.7. The summed E-state index contributed by atoms with van der Waals surface area (Å²) in [5.74, 6) is -1.13. The van der Waals surface area contributed by atoms with Gasteiger partial charge in [-0.25, -0.2) is 9.78 Å². The van der Waals surface area contributed by atoms with Gasteiger partial charge >= 0.3 is 5.97 Å². The first kappa shape index (κ1) is 16.5. The molecular weight excluding hydrogens is 372 g/mol. The largest absolute Gasteiger partial charge is 0.449 e. The van der Waals surface area contributed by atoms with Gasteiger partial charge in [0, 0.05) is 16.4 Å². The van der Waals surface area contributed by atoms with Gasteiger partial charge in [-0.2, -0.15) is 0 Å². The van der Waals surface area contributed by atoms with Crippen LogP contribution < -0.4 is 5.32 Å². The number of anilines is 1. The minimum absolute atomic E-state index is 0.0352. The van der Waals surface area contributed by atoms with E-state index in [1.54, 1.807) is 30.3 Å². The summed E-state index contributed by atoms with van der Waals surface area (Å²) in [6, 6.07) is 10.1. The topological polar surface area (TPSA) is 68.3 Å². The maximum Gasteiger partial charge on any atom is 0.342 e. The summed E-state index contributed by atoms with van der Waals surface area (Å²) in [5, 5.41) is 2.69. The van der Waals surface area contributed by atoms with Crippen molar-refractivity contribution in [3.05, 3.63) is 57.8 Å². The molecule has 0 aliphatic carbocycles. The highest BCUT2D eigenvalue weighted by Gasteiger charge is 2.20. The first-order chi connectivity index (χ1) is 10.5. The number of esters is 1. The summed E-state index contributed by atoms with van der Waals surface area (Å²) in [6.07, 6.45) is 0.496. The summed E-state index contributed by atoms with van der Waals surface area (Å²) >= 11 is 9.12. The Balaban J connectivity index is 1.98. The third-order valence-corrected chi connectivity index (χ3v) is 3.57. The van der Waals surface area contributed by atoms with Crippen LogP contribution in [0.5, 0.6) is 0 Å². The van der Waals surface area contributed by atoms with Crippen LogP contribution in [0.4, 0.5) is 5.69 Å². The molecule has 1 aromatic heterocycles. The zero-order chi connectivity index (χ0) is 16.1. The van der Waals surface area contributed by atoms with Crippen LogP contribution in [0.2, 0.25) is 5.15 Å². The van der Waals surface area contributed by atoms with E-state index in [2.05, 4.69) is 26.2 Å². The molecule has 1 amide bonds. The minimum atomic E-state index is -0.965. The number of amides is 1. The van der Waals surface area contributed by atoms with Crippen LogP contribution >= 0.6 is 27.5 Å². The molecule has 0 spiro atoms. The normalized spacial score (nSPS) is 11.6. The Morgan fingerprint density at radius 3 is 2.59 bits per heavy atom. The number of carbonyl (C=O) groups excluding carboxylic acids is 2. The molecule has 0 saturated carbocycles. The van der Waals surface area contributed by atoms with E-state index >= 15 is 0 Å². The molecule has 114 valence electrons. The first-order valence-electron chi connectivity index (χ1n) is 6.35. The van der Waals surface area contributed by atoms with E-state index in [0.29, 0.717) is 5.69 Å². The first-order valence-corrected chi connectivity index (χ1v) is 7.52. The molecule has 7 heteroatoms. The average molecular weight is 384 g/mol. The van der Waals surface area contributed by atoms with Gasteiger partial charge in [-0.3, -0.25) is 4.79 Å². The van der Waals surface area contributed by atoms with E-state index in [0.717, 1.165) is 4.47 Å². The van der Waals surface area contributed by atoms with E-state index in [1.165, 1.54) is 19.2 Å². The molecule has 1 atom stereocenters. The summed E-state index contributed by atoms with van der Waals surface area (Å²) in [7, 11) is 0. The van der Waals surface area contributed by atoms with Gasteiger partial charge in [0.1, 0.15) is 5.15 Å². The molecule has 1 aromatic carbocycles. The van der Waals surface area contributed by atoms with Crippen molar-refractivity contribution in [1.29, 1.82) is 0 Å². The Bertz CT molecular complexity index is 691. The van der Waals surface area contributed by atoms with Crippen LogP contribution in [0.25, 0.3) is 0 Å². The third kappa shape index (κ3) is 4.29. The quantitative estimate of drug-likeness (QED) is 0.646. The van der Waals surface area contributed by atoms with Crippen LogP contribution in [-0.2, 0) is 9.53 Å².